The van der Waals surface area contributed by atoms with Crippen LogP contribution in [0.4, 0.5) is 0 Å². The van der Waals surface area contributed by atoms with Crippen LogP contribution in [0.25, 0.3) is 0 Å². The van der Waals surface area contributed by atoms with Crippen molar-refractivity contribution in [2.75, 3.05) is 19.4 Å². The molecule has 0 radical (unpaired) electrons. The van der Waals surface area contributed by atoms with Crippen molar-refractivity contribution in [1.29, 1.82) is 0 Å². The molecule has 1 N–H and O–H groups in total. The van der Waals surface area contributed by atoms with Crippen molar-refractivity contribution >= 4 is 10.0 Å². The van der Waals surface area contributed by atoms with Gasteiger partial charge in [-0.15, -0.1) is 0 Å². The zero-order valence-corrected chi connectivity index (χ0v) is 13.6. The summed E-state index contributed by atoms with van der Waals surface area (Å²) < 4.78 is 25.2. The Bertz CT molecular complexity index is 349. The van der Waals surface area contributed by atoms with Crippen LogP contribution < -0.4 is 0 Å². The third kappa shape index (κ3) is 6.71. The fourth-order valence-electron chi connectivity index (χ4n) is 2.19. The molecule has 0 aliphatic carbocycles. The quantitative estimate of drug-likeness (QED) is 0.838. The van der Waals surface area contributed by atoms with E-state index >= 15 is 0 Å². The predicted molar refractivity (Wildman–Crippen MR) is 76.0 cm³/mol. The van der Waals surface area contributed by atoms with E-state index in [0.717, 1.165) is 6.42 Å². The number of sulfonamides is 1. The lowest BCUT2D eigenvalue weighted by Crippen LogP contribution is -2.48. The Morgan fingerprint density at radius 1 is 1.11 bits per heavy atom. The summed E-state index contributed by atoms with van der Waals surface area (Å²) in [5.74, 6) is -0.0288. The Hall–Kier alpha value is -0.130. The van der Waals surface area contributed by atoms with Crippen LogP contribution in [0, 0.1) is 11.3 Å². The molecule has 0 aromatic carbocycles. The molecule has 0 aromatic rings. The number of rotatable bonds is 5. The van der Waals surface area contributed by atoms with E-state index < -0.39 is 15.6 Å². The van der Waals surface area contributed by atoms with Crippen molar-refractivity contribution in [1.82, 2.24) is 4.31 Å². The number of hydrogen-bond acceptors (Lipinski definition) is 3. The second kappa shape index (κ2) is 5.88. The van der Waals surface area contributed by atoms with Gasteiger partial charge in [0.1, 0.15) is 0 Å². The van der Waals surface area contributed by atoms with E-state index in [4.69, 9.17) is 0 Å². The smallest absolute Gasteiger partial charge is 0.211 e. The Balaban J connectivity index is 4.98. The summed E-state index contributed by atoms with van der Waals surface area (Å²) >= 11 is 0. The number of aliphatic hydroxyl groups is 1. The van der Waals surface area contributed by atoms with Gasteiger partial charge in [-0.05, 0) is 38.5 Å². The van der Waals surface area contributed by atoms with Gasteiger partial charge in [0.25, 0.3) is 0 Å². The standard InChI is InChI=1S/C13H29NO3S/c1-12(2,3)8-11(10-15)9-14(13(4,5)6)18(7,16)17/h11,15H,8-10H2,1-7H3. The van der Waals surface area contributed by atoms with Crippen LogP contribution in [-0.4, -0.2) is 42.8 Å². The Labute approximate surface area is 112 Å². The van der Waals surface area contributed by atoms with Gasteiger partial charge >= 0.3 is 0 Å². The highest BCUT2D eigenvalue weighted by atomic mass is 32.2. The Morgan fingerprint density at radius 3 is 1.78 bits per heavy atom. The zero-order valence-electron chi connectivity index (χ0n) is 12.8. The largest absolute Gasteiger partial charge is 0.396 e. The lowest BCUT2D eigenvalue weighted by Gasteiger charge is -2.37. The van der Waals surface area contributed by atoms with Crippen molar-refractivity contribution in [3.05, 3.63) is 0 Å². The molecule has 0 saturated carbocycles. The molecule has 1 atom stereocenters. The fourth-order valence-corrected chi connectivity index (χ4v) is 3.67. The molecule has 0 saturated heterocycles. The molecule has 0 fully saturated rings. The van der Waals surface area contributed by atoms with Gasteiger partial charge in [0.15, 0.2) is 0 Å². The molecule has 5 heteroatoms. The molecular weight excluding hydrogens is 250 g/mol. The maximum Gasteiger partial charge on any atom is 0.211 e. The SMILES string of the molecule is CC(C)(C)CC(CO)CN(C(C)(C)C)S(C)(=O)=O. The first-order valence-corrected chi connectivity index (χ1v) is 8.21. The maximum atomic E-state index is 11.8. The average Bonchev–Trinajstić information content (AvgIpc) is 2.05. The summed E-state index contributed by atoms with van der Waals surface area (Å²) in [6.07, 6.45) is 2.02. The van der Waals surface area contributed by atoms with Gasteiger partial charge in [0, 0.05) is 18.7 Å². The molecule has 110 valence electrons. The summed E-state index contributed by atoms with van der Waals surface area (Å²) in [6.45, 7) is 12.3. The minimum Gasteiger partial charge on any atom is -0.396 e. The molecule has 0 aromatic heterocycles. The molecule has 0 rings (SSSR count). The van der Waals surface area contributed by atoms with Crippen LogP contribution >= 0.6 is 0 Å². The molecule has 0 bridgehead atoms. The Kier molecular flexibility index (Phi) is 5.84. The first-order valence-electron chi connectivity index (χ1n) is 6.36. The normalized spacial score (nSPS) is 16.1. The molecule has 1 unspecified atom stereocenters. The van der Waals surface area contributed by atoms with E-state index in [-0.39, 0.29) is 17.9 Å². The van der Waals surface area contributed by atoms with E-state index in [1.165, 1.54) is 10.6 Å². The van der Waals surface area contributed by atoms with Gasteiger partial charge in [-0.3, -0.25) is 0 Å². The fraction of sp³-hybridized carbons (Fsp3) is 1.00. The van der Waals surface area contributed by atoms with Gasteiger partial charge < -0.3 is 5.11 Å². The summed E-state index contributed by atoms with van der Waals surface area (Å²) in [7, 11) is -3.26. The van der Waals surface area contributed by atoms with Gasteiger partial charge in [0.2, 0.25) is 10.0 Å². The second-order valence-corrected chi connectivity index (χ2v) is 9.19. The van der Waals surface area contributed by atoms with Crippen LogP contribution in [-0.2, 0) is 10.0 Å². The molecule has 0 amide bonds. The number of nitrogens with zero attached hydrogens (tertiary/aromatic N) is 1. The third-order valence-corrected chi connectivity index (χ3v) is 4.23. The average molecular weight is 279 g/mol. The number of hydrogen-bond donors (Lipinski definition) is 1. The summed E-state index contributed by atoms with van der Waals surface area (Å²) in [6, 6.07) is 0. The first kappa shape index (κ1) is 17.9. The highest BCUT2D eigenvalue weighted by molar-refractivity contribution is 7.88. The number of aliphatic hydroxyl groups excluding tert-OH is 1. The highest BCUT2D eigenvalue weighted by Crippen LogP contribution is 2.27. The van der Waals surface area contributed by atoms with Crippen LogP contribution in [0.3, 0.4) is 0 Å². The molecule has 18 heavy (non-hydrogen) atoms. The minimum absolute atomic E-state index is 0.0133. The van der Waals surface area contributed by atoms with E-state index in [2.05, 4.69) is 20.8 Å². The van der Waals surface area contributed by atoms with E-state index in [1.807, 2.05) is 20.8 Å². The van der Waals surface area contributed by atoms with Gasteiger partial charge in [-0.2, -0.15) is 4.31 Å². The Morgan fingerprint density at radius 2 is 1.56 bits per heavy atom. The van der Waals surface area contributed by atoms with Crippen molar-refractivity contribution in [2.24, 2.45) is 11.3 Å². The molecular formula is C13H29NO3S. The third-order valence-electron chi connectivity index (χ3n) is 2.73. The summed E-state index contributed by atoms with van der Waals surface area (Å²) in [5.41, 5.74) is -0.382. The minimum atomic E-state index is -3.26. The van der Waals surface area contributed by atoms with Crippen molar-refractivity contribution < 1.29 is 13.5 Å². The van der Waals surface area contributed by atoms with E-state index in [9.17, 15) is 13.5 Å². The van der Waals surface area contributed by atoms with Gasteiger partial charge in [-0.25, -0.2) is 8.42 Å². The van der Waals surface area contributed by atoms with Crippen LogP contribution in [0.1, 0.15) is 48.0 Å². The predicted octanol–water partition coefficient (Wildman–Crippen LogP) is 2.09. The lowest BCUT2D eigenvalue weighted by atomic mass is 9.84. The highest BCUT2D eigenvalue weighted by Gasteiger charge is 2.32. The van der Waals surface area contributed by atoms with Crippen LogP contribution in [0.15, 0.2) is 0 Å². The van der Waals surface area contributed by atoms with E-state index in [0.29, 0.717) is 6.54 Å². The molecule has 0 aliphatic heterocycles. The second-order valence-electron chi connectivity index (χ2n) is 7.28. The molecule has 4 nitrogen and oxygen atoms in total. The monoisotopic (exact) mass is 279 g/mol. The first-order chi connectivity index (χ1) is 7.77. The zero-order chi connectivity index (χ0) is 14.8. The summed E-state index contributed by atoms with van der Waals surface area (Å²) in [4.78, 5) is 0. The molecule has 0 heterocycles. The van der Waals surface area contributed by atoms with E-state index in [1.54, 1.807) is 0 Å². The maximum absolute atomic E-state index is 11.8. The summed E-state index contributed by atoms with van der Waals surface area (Å²) in [5, 5.41) is 9.45. The van der Waals surface area contributed by atoms with Gasteiger partial charge in [0.05, 0.1) is 6.26 Å². The van der Waals surface area contributed by atoms with Crippen LogP contribution in [0.2, 0.25) is 0 Å². The van der Waals surface area contributed by atoms with Crippen LogP contribution in [0.5, 0.6) is 0 Å². The van der Waals surface area contributed by atoms with Crippen molar-refractivity contribution in [2.45, 2.75) is 53.5 Å². The topological polar surface area (TPSA) is 57.6 Å². The van der Waals surface area contributed by atoms with Crippen molar-refractivity contribution in [3.63, 3.8) is 0 Å². The molecule has 0 spiro atoms. The van der Waals surface area contributed by atoms with Gasteiger partial charge in [-0.1, -0.05) is 20.8 Å². The molecule has 0 aliphatic rings. The lowest BCUT2D eigenvalue weighted by molar-refractivity contribution is 0.130. The van der Waals surface area contributed by atoms with Crippen molar-refractivity contribution in [3.8, 4) is 0 Å².